The van der Waals surface area contributed by atoms with Gasteiger partial charge in [-0.2, -0.15) is 0 Å². The van der Waals surface area contributed by atoms with Crippen molar-refractivity contribution in [3.63, 3.8) is 0 Å². The Morgan fingerprint density at radius 3 is 2.36 bits per heavy atom. The number of benzene rings is 3. The van der Waals surface area contributed by atoms with Crippen LogP contribution >= 0.6 is 0 Å². The number of phenols is 2. The topological polar surface area (TPSA) is 220 Å². The van der Waals surface area contributed by atoms with E-state index < -0.39 is 76.6 Å². The van der Waals surface area contributed by atoms with Crippen LogP contribution in [0.2, 0.25) is 0 Å². The Balaban J connectivity index is 1.45. The van der Waals surface area contributed by atoms with Crippen LogP contribution in [0.4, 0.5) is 14.9 Å². The fraction of sp³-hybridized carbons (Fsp3) is 0.281. The number of aromatic hydroxyl groups is 3. The molecule has 0 spiro atoms. The summed E-state index contributed by atoms with van der Waals surface area (Å²) >= 11 is 0. The van der Waals surface area contributed by atoms with Crippen molar-refractivity contribution in [2.45, 2.75) is 51.0 Å². The number of fused-ring (bicyclic) bond motifs is 1. The summed E-state index contributed by atoms with van der Waals surface area (Å²) in [7, 11) is 1.35. The predicted octanol–water partition coefficient (Wildman–Crippen LogP) is 3.63. The number of nitrogens with two attached hydrogens (primary N) is 1. The van der Waals surface area contributed by atoms with Crippen LogP contribution in [0.15, 0.2) is 57.7 Å². The molecule has 47 heavy (non-hydrogen) atoms. The lowest BCUT2D eigenvalue weighted by molar-refractivity contribution is -0.304. The van der Waals surface area contributed by atoms with E-state index in [1.54, 1.807) is 13.8 Å². The van der Waals surface area contributed by atoms with Gasteiger partial charge in [0.1, 0.15) is 23.3 Å². The molecule has 1 aliphatic heterocycles. The van der Waals surface area contributed by atoms with E-state index in [1.165, 1.54) is 44.4 Å². The number of primary amides is 1. The second-order valence-electron chi connectivity index (χ2n) is 11.3. The molecule has 1 aromatic heterocycles. The van der Waals surface area contributed by atoms with Gasteiger partial charge in [0.25, 0.3) is 5.91 Å². The molecule has 1 saturated heterocycles. The van der Waals surface area contributed by atoms with Gasteiger partial charge in [0.15, 0.2) is 35.1 Å². The molecular weight excluding hydrogens is 623 g/mol. The Kier molecular flexibility index (Phi) is 8.73. The maximum Gasteiger partial charge on any atom is 0.404 e. The third-order valence-corrected chi connectivity index (χ3v) is 7.76. The number of aliphatic hydroxyl groups excluding tert-OH is 1. The molecule has 0 unspecified atom stereocenters. The minimum Gasteiger partial charge on any atom is -0.505 e. The lowest BCUT2D eigenvalue weighted by Gasteiger charge is -2.47. The molecule has 2 heterocycles. The number of ether oxygens (including phenoxy) is 4. The molecule has 0 saturated carbocycles. The summed E-state index contributed by atoms with van der Waals surface area (Å²) in [5, 5.41) is 44.8. The summed E-state index contributed by atoms with van der Waals surface area (Å²) in [6.45, 7) is 4.76. The number of rotatable bonds is 7. The van der Waals surface area contributed by atoms with Crippen LogP contribution in [-0.2, 0) is 14.2 Å². The quantitative estimate of drug-likeness (QED) is 0.124. The first-order valence-electron chi connectivity index (χ1n) is 14.1. The van der Waals surface area contributed by atoms with Gasteiger partial charge in [-0.25, -0.2) is 14.0 Å². The molecule has 14 nitrogen and oxygen atoms in total. The first kappa shape index (κ1) is 33.0. The smallest absolute Gasteiger partial charge is 0.404 e. The molecule has 5 rings (SSSR count). The molecule has 0 bridgehead atoms. The molecular formula is C32H31FN2O12. The number of aryl methyl sites for hydroxylation is 1. The maximum absolute atomic E-state index is 13.4. The second-order valence-corrected chi connectivity index (χ2v) is 11.3. The number of hydrogen-bond donors (Lipinski definition) is 6. The van der Waals surface area contributed by atoms with Crippen molar-refractivity contribution >= 4 is 28.7 Å². The fourth-order valence-corrected chi connectivity index (χ4v) is 5.46. The minimum absolute atomic E-state index is 0.00475. The van der Waals surface area contributed by atoms with Gasteiger partial charge >= 0.3 is 11.7 Å². The molecule has 4 atom stereocenters. The van der Waals surface area contributed by atoms with Crippen LogP contribution in [0.5, 0.6) is 23.0 Å². The molecule has 4 aromatic rings. The zero-order valence-corrected chi connectivity index (χ0v) is 25.4. The number of methoxy groups -OCH3 is 1. The highest BCUT2D eigenvalue weighted by Gasteiger charge is 2.53. The van der Waals surface area contributed by atoms with Gasteiger partial charge in [0.2, 0.25) is 6.29 Å². The third-order valence-electron chi connectivity index (χ3n) is 7.76. The van der Waals surface area contributed by atoms with E-state index in [4.69, 9.17) is 29.1 Å². The average molecular weight is 655 g/mol. The maximum atomic E-state index is 13.4. The van der Waals surface area contributed by atoms with Gasteiger partial charge < -0.3 is 54.8 Å². The van der Waals surface area contributed by atoms with Crippen LogP contribution < -0.4 is 21.4 Å². The van der Waals surface area contributed by atoms with E-state index in [9.17, 15) is 39.2 Å². The Hall–Kier alpha value is -5.38. The lowest BCUT2D eigenvalue weighted by Crippen LogP contribution is -2.65. The van der Waals surface area contributed by atoms with E-state index in [0.717, 1.165) is 18.2 Å². The molecule has 7 N–H and O–H groups in total. The number of nitrogens with one attached hydrogen (secondary N) is 1. The summed E-state index contributed by atoms with van der Waals surface area (Å²) in [6, 6.07) is 9.82. The summed E-state index contributed by atoms with van der Waals surface area (Å²) in [6.07, 6.45) is -6.28. The zero-order valence-electron chi connectivity index (χ0n) is 25.4. The van der Waals surface area contributed by atoms with Gasteiger partial charge in [-0.3, -0.25) is 4.79 Å². The van der Waals surface area contributed by atoms with Crippen LogP contribution in [0.1, 0.15) is 29.8 Å². The zero-order chi connectivity index (χ0) is 34.4. The summed E-state index contributed by atoms with van der Waals surface area (Å²) in [4.78, 5) is 37.7. The SMILES string of the molecule is CO[C@@H]1[C@@H](OC(N)=O)[C@@H](O)[C@H](Oc2ccc3c(O)c(NC(=O)c4cc(O)c(O)c(-c5ccc(F)cc5)c4)c(=O)oc3c2C)OC1(C)C. The van der Waals surface area contributed by atoms with Crippen LogP contribution in [0.25, 0.3) is 22.1 Å². The van der Waals surface area contributed by atoms with Crippen molar-refractivity contribution in [3.8, 4) is 34.1 Å². The monoisotopic (exact) mass is 654 g/mol. The normalized spacial score (nSPS) is 20.5. The first-order chi connectivity index (χ1) is 22.1. The number of amides is 2. The molecule has 3 aromatic carbocycles. The number of halogens is 1. The molecule has 2 amide bonds. The Bertz CT molecular complexity index is 1920. The molecule has 0 aliphatic carbocycles. The van der Waals surface area contributed by atoms with E-state index in [1.807, 2.05) is 0 Å². The van der Waals surface area contributed by atoms with Crippen LogP contribution in [-0.4, -0.2) is 69.7 Å². The standard InChI is InChI=1S/C32H31FN2O12/c1-13-20(44-30-24(39)26(46-31(34)42)27(43-4)32(2,3)47-30)10-9-17-23(38)21(29(41)45-25(13)17)35-28(40)15-11-18(22(37)19(36)12-15)14-5-7-16(33)8-6-14/h5-12,24,26-27,30,36-39H,1-4H3,(H2,34,42)(H,35,40)/t24-,26+,27-,30-/m1/s1. The fourth-order valence-electron chi connectivity index (χ4n) is 5.46. The number of hydrogen-bond acceptors (Lipinski definition) is 12. The number of aliphatic hydroxyl groups is 1. The second kappa shape index (κ2) is 12.4. The Morgan fingerprint density at radius 1 is 1.04 bits per heavy atom. The van der Waals surface area contributed by atoms with Crippen molar-refractivity contribution in [2.75, 3.05) is 12.4 Å². The van der Waals surface area contributed by atoms with Gasteiger partial charge in [0.05, 0.1) is 11.0 Å². The van der Waals surface area contributed by atoms with Gasteiger partial charge in [0, 0.05) is 23.8 Å². The summed E-state index contributed by atoms with van der Waals surface area (Å²) in [5.41, 5.74) is 2.49. The summed E-state index contributed by atoms with van der Waals surface area (Å²) < 4.78 is 41.2. The minimum atomic E-state index is -1.56. The molecule has 15 heteroatoms. The molecule has 0 radical (unpaired) electrons. The number of phenolic OH excluding ortho intramolecular Hbond substituents is 2. The first-order valence-corrected chi connectivity index (χ1v) is 14.1. The largest absolute Gasteiger partial charge is 0.505 e. The van der Waals surface area contributed by atoms with Gasteiger partial charge in [-0.15, -0.1) is 0 Å². The molecule has 248 valence electrons. The van der Waals surface area contributed by atoms with E-state index >= 15 is 0 Å². The number of anilines is 1. The van der Waals surface area contributed by atoms with Gasteiger partial charge in [-0.1, -0.05) is 12.1 Å². The predicted molar refractivity (Wildman–Crippen MR) is 163 cm³/mol. The highest BCUT2D eigenvalue weighted by Crippen LogP contribution is 2.40. The van der Waals surface area contributed by atoms with Crippen molar-refractivity contribution < 1.29 is 57.8 Å². The van der Waals surface area contributed by atoms with Gasteiger partial charge in [-0.05, 0) is 62.7 Å². The van der Waals surface area contributed by atoms with E-state index in [0.29, 0.717) is 5.56 Å². The lowest BCUT2D eigenvalue weighted by atomic mass is 9.89. The van der Waals surface area contributed by atoms with Crippen LogP contribution in [0.3, 0.4) is 0 Å². The van der Waals surface area contributed by atoms with Crippen molar-refractivity contribution in [1.82, 2.24) is 0 Å². The van der Waals surface area contributed by atoms with Crippen LogP contribution in [0, 0.1) is 12.7 Å². The summed E-state index contributed by atoms with van der Waals surface area (Å²) in [5.74, 6) is -3.27. The van der Waals surface area contributed by atoms with Crippen molar-refractivity contribution in [2.24, 2.45) is 5.73 Å². The highest BCUT2D eigenvalue weighted by atomic mass is 19.1. The Labute approximate surface area is 265 Å². The molecule has 1 aliphatic rings. The number of carbonyl (C=O) groups excluding carboxylic acids is 2. The molecule has 1 fully saturated rings. The number of carbonyl (C=O) groups is 2. The average Bonchev–Trinajstić information content (AvgIpc) is 3.00. The highest BCUT2D eigenvalue weighted by molar-refractivity contribution is 6.07. The Morgan fingerprint density at radius 2 is 1.72 bits per heavy atom. The third kappa shape index (κ3) is 6.23. The van der Waals surface area contributed by atoms with E-state index in [-0.39, 0.29) is 33.4 Å². The van der Waals surface area contributed by atoms with Crippen molar-refractivity contribution in [1.29, 1.82) is 0 Å². The van der Waals surface area contributed by atoms with Crippen molar-refractivity contribution in [3.05, 3.63) is 75.9 Å². The van der Waals surface area contributed by atoms with E-state index in [2.05, 4.69) is 5.32 Å².